The average Bonchev–Trinajstić information content (AvgIpc) is 2.66. The lowest BCUT2D eigenvalue weighted by molar-refractivity contribution is 0.0950. The maximum Gasteiger partial charge on any atom is 0.265 e. The van der Waals surface area contributed by atoms with Crippen LogP contribution in [-0.2, 0) is 6.54 Å². The van der Waals surface area contributed by atoms with E-state index >= 15 is 0 Å². The lowest BCUT2D eigenvalue weighted by Crippen LogP contribution is -2.24. The van der Waals surface area contributed by atoms with Crippen LogP contribution < -0.4 is 10.9 Å². The van der Waals surface area contributed by atoms with Crippen LogP contribution in [0.2, 0.25) is 0 Å². The molecule has 0 aliphatic heterocycles. The number of nitrogens with one attached hydrogen (secondary N) is 1. The van der Waals surface area contributed by atoms with Crippen LogP contribution in [0.4, 0.5) is 0 Å². The van der Waals surface area contributed by atoms with Gasteiger partial charge < -0.3 is 5.32 Å². The minimum absolute atomic E-state index is 0.188. The van der Waals surface area contributed by atoms with Crippen molar-refractivity contribution in [1.29, 1.82) is 0 Å². The Morgan fingerprint density at radius 3 is 2.77 bits per heavy atom. The third-order valence-electron chi connectivity index (χ3n) is 4.12. The van der Waals surface area contributed by atoms with Gasteiger partial charge in [0.15, 0.2) is 0 Å². The molecule has 0 fully saturated rings. The van der Waals surface area contributed by atoms with E-state index in [-0.39, 0.29) is 11.5 Å². The third kappa shape index (κ3) is 3.11. The van der Waals surface area contributed by atoms with Gasteiger partial charge in [-0.3, -0.25) is 14.0 Å². The van der Waals surface area contributed by atoms with Crippen molar-refractivity contribution in [3.63, 3.8) is 0 Å². The molecule has 5 nitrogen and oxygen atoms in total. The molecule has 26 heavy (non-hydrogen) atoms. The van der Waals surface area contributed by atoms with Crippen molar-refractivity contribution < 1.29 is 4.79 Å². The van der Waals surface area contributed by atoms with Crippen LogP contribution in [0.25, 0.3) is 16.6 Å². The lowest BCUT2D eigenvalue weighted by atomic mass is 10.2. The zero-order valence-electron chi connectivity index (χ0n) is 13.6. The number of hydrogen-bond acceptors (Lipinski definition) is 3. The summed E-state index contributed by atoms with van der Waals surface area (Å²) in [6.07, 6.45) is 1.54. The van der Waals surface area contributed by atoms with Gasteiger partial charge in [0.2, 0.25) is 0 Å². The Bertz CT molecular complexity index is 1200. The van der Waals surface area contributed by atoms with Crippen molar-refractivity contribution in [1.82, 2.24) is 14.7 Å². The highest BCUT2D eigenvalue weighted by molar-refractivity contribution is 9.10. The first-order chi connectivity index (χ1) is 12.6. The van der Waals surface area contributed by atoms with Gasteiger partial charge in [-0.2, -0.15) is 0 Å². The van der Waals surface area contributed by atoms with E-state index < -0.39 is 0 Å². The number of benzene rings is 2. The molecule has 0 atom stereocenters. The Morgan fingerprint density at radius 2 is 1.92 bits per heavy atom. The molecule has 0 aliphatic carbocycles. The average molecular weight is 408 g/mol. The third-order valence-corrected chi connectivity index (χ3v) is 4.61. The van der Waals surface area contributed by atoms with Gasteiger partial charge in [0.25, 0.3) is 11.5 Å². The van der Waals surface area contributed by atoms with Crippen LogP contribution in [0, 0.1) is 0 Å². The number of rotatable bonds is 3. The summed E-state index contributed by atoms with van der Waals surface area (Å²) in [7, 11) is 0. The molecule has 0 saturated heterocycles. The molecule has 0 bridgehead atoms. The van der Waals surface area contributed by atoms with E-state index in [0.717, 1.165) is 10.0 Å². The van der Waals surface area contributed by atoms with Crippen LogP contribution in [-0.4, -0.2) is 15.3 Å². The van der Waals surface area contributed by atoms with Crippen LogP contribution in [0.15, 0.2) is 76.1 Å². The molecule has 0 unspecified atom stereocenters. The standard InChI is InChI=1S/C20H14BrN3O2/c21-15-5-3-4-13(10-15)11-22-19(25)14-8-9-18-23-17-7-2-1-6-16(17)20(26)24(18)12-14/h1-10,12H,11H2,(H,22,25). The van der Waals surface area contributed by atoms with E-state index in [9.17, 15) is 9.59 Å². The van der Waals surface area contributed by atoms with E-state index in [1.807, 2.05) is 30.3 Å². The maximum absolute atomic E-state index is 12.7. The van der Waals surface area contributed by atoms with Crippen LogP contribution in [0.5, 0.6) is 0 Å². The van der Waals surface area contributed by atoms with Gasteiger partial charge >= 0.3 is 0 Å². The summed E-state index contributed by atoms with van der Waals surface area (Å²) in [6, 6.07) is 18.3. The van der Waals surface area contributed by atoms with E-state index in [2.05, 4.69) is 26.2 Å². The fourth-order valence-electron chi connectivity index (χ4n) is 2.82. The zero-order chi connectivity index (χ0) is 18.1. The number of pyridine rings is 1. The predicted octanol–water partition coefficient (Wildman–Crippen LogP) is 3.54. The highest BCUT2D eigenvalue weighted by Crippen LogP contribution is 2.12. The number of fused-ring (bicyclic) bond motifs is 2. The first-order valence-electron chi connectivity index (χ1n) is 8.06. The van der Waals surface area contributed by atoms with E-state index in [0.29, 0.717) is 28.7 Å². The van der Waals surface area contributed by atoms with Gasteiger partial charge in [-0.25, -0.2) is 4.98 Å². The molecule has 6 heteroatoms. The smallest absolute Gasteiger partial charge is 0.265 e. The highest BCUT2D eigenvalue weighted by Gasteiger charge is 2.10. The van der Waals surface area contributed by atoms with Gasteiger partial charge in [-0.05, 0) is 42.0 Å². The molecule has 1 amide bonds. The minimum atomic E-state index is -0.244. The first kappa shape index (κ1) is 16.5. The van der Waals surface area contributed by atoms with Crippen molar-refractivity contribution in [3.05, 3.63) is 92.8 Å². The van der Waals surface area contributed by atoms with Crippen molar-refractivity contribution in [2.75, 3.05) is 0 Å². The van der Waals surface area contributed by atoms with Crippen molar-refractivity contribution in [2.45, 2.75) is 6.54 Å². The number of halogens is 1. The highest BCUT2D eigenvalue weighted by atomic mass is 79.9. The molecule has 0 aliphatic rings. The quantitative estimate of drug-likeness (QED) is 0.528. The van der Waals surface area contributed by atoms with Crippen LogP contribution in [0.1, 0.15) is 15.9 Å². The first-order valence-corrected chi connectivity index (χ1v) is 8.85. The maximum atomic E-state index is 12.7. The number of hydrogen-bond donors (Lipinski definition) is 1. The second kappa shape index (κ2) is 6.72. The predicted molar refractivity (Wildman–Crippen MR) is 104 cm³/mol. The number of nitrogens with zero attached hydrogens (tertiary/aromatic N) is 2. The number of para-hydroxylation sites is 1. The topological polar surface area (TPSA) is 63.5 Å². The molecule has 2 aromatic heterocycles. The summed E-state index contributed by atoms with van der Waals surface area (Å²) in [5.41, 5.74) is 2.36. The molecule has 128 valence electrons. The Morgan fingerprint density at radius 1 is 1.08 bits per heavy atom. The minimum Gasteiger partial charge on any atom is -0.348 e. The van der Waals surface area contributed by atoms with Gasteiger partial charge in [0.05, 0.1) is 16.5 Å². The fourth-order valence-corrected chi connectivity index (χ4v) is 3.26. The van der Waals surface area contributed by atoms with Gasteiger partial charge in [0.1, 0.15) is 5.65 Å². The Balaban J connectivity index is 1.66. The largest absolute Gasteiger partial charge is 0.348 e. The number of carbonyl (C=O) groups is 1. The molecule has 0 saturated carbocycles. The van der Waals surface area contributed by atoms with E-state index in [1.54, 1.807) is 30.3 Å². The molecule has 2 heterocycles. The van der Waals surface area contributed by atoms with Gasteiger partial charge in [-0.15, -0.1) is 0 Å². The lowest BCUT2D eigenvalue weighted by Gasteiger charge is -2.08. The van der Waals surface area contributed by atoms with Gasteiger partial charge in [-0.1, -0.05) is 40.2 Å². The second-order valence-electron chi connectivity index (χ2n) is 5.89. The summed E-state index contributed by atoms with van der Waals surface area (Å²) in [5, 5.41) is 3.39. The van der Waals surface area contributed by atoms with E-state index in [4.69, 9.17) is 0 Å². The van der Waals surface area contributed by atoms with Gasteiger partial charge in [0, 0.05) is 17.2 Å². The van der Waals surface area contributed by atoms with Crippen LogP contribution in [0.3, 0.4) is 0 Å². The monoisotopic (exact) mass is 407 g/mol. The van der Waals surface area contributed by atoms with E-state index in [1.165, 1.54) is 10.6 Å². The SMILES string of the molecule is O=C(NCc1cccc(Br)c1)c1ccc2nc3ccccc3c(=O)n2c1. The molecular weight excluding hydrogens is 394 g/mol. The molecule has 2 aromatic carbocycles. The molecule has 0 radical (unpaired) electrons. The molecular formula is C20H14BrN3O2. The second-order valence-corrected chi connectivity index (χ2v) is 6.81. The summed E-state index contributed by atoms with van der Waals surface area (Å²) < 4.78 is 2.37. The summed E-state index contributed by atoms with van der Waals surface area (Å²) in [6.45, 7) is 0.404. The summed E-state index contributed by atoms with van der Waals surface area (Å²) in [5.74, 6) is -0.244. The summed E-state index contributed by atoms with van der Waals surface area (Å²) in [4.78, 5) is 29.6. The van der Waals surface area contributed by atoms with Crippen molar-refractivity contribution >= 4 is 38.4 Å². The molecule has 4 aromatic rings. The zero-order valence-corrected chi connectivity index (χ0v) is 15.2. The Labute approximate surface area is 157 Å². The van der Waals surface area contributed by atoms with Crippen molar-refractivity contribution in [2.24, 2.45) is 0 Å². The van der Waals surface area contributed by atoms with Crippen molar-refractivity contribution in [3.8, 4) is 0 Å². The van der Waals surface area contributed by atoms with Crippen LogP contribution >= 0.6 is 15.9 Å². The Kier molecular flexibility index (Phi) is 4.26. The normalized spacial score (nSPS) is 11.0. The molecule has 4 rings (SSSR count). The number of amides is 1. The Hall–Kier alpha value is -2.99. The fraction of sp³-hybridized carbons (Fsp3) is 0.0500. The molecule has 1 N–H and O–H groups in total. The number of carbonyl (C=O) groups excluding carboxylic acids is 1. The summed E-state index contributed by atoms with van der Waals surface area (Å²) >= 11 is 3.41. The number of aromatic nitrogens is 2. The molecule has 0 spiro atoms.